The van der Waals surface area contributed by atoms with Crippen LogP contribution in [-0.4, -0.2) is 17.0 Å². The summed E-state index contributed by atoms with van der Waals surface area (Å²) in [7, 11) is 0. The molecule has 2 aromatic carbocycles. The van der Waals surface area contributed by atoms with Gasteiger partial charge in [-0.1, -0.05) is 48.5 Å². The molecule has 0 aliphatic rings. The number of benzene rings is 2. The minimum Gasteiger partial charge on any atom is -0.481 e. The number of carbonyl (C=O) groups excluding carboxylic acids is 1. The Balaban J connectivity index is 2.16. The molecule has 5 heteroatoms. The predicted molar refractivity (Wildman–Crippen MR) is 84.2 cm³/mol. The van der Waals surface area contributed by atoms with Crippen molar-refractivity contribution >= 4 is 11.9 Å². The molecule has 23 heavy (non-hydrogen) atoms. The summed E-state index contributed by atoms with van der Waals surface area (Å²) in [5.74, 6) is -2.69. The average molecular weight is 315 g/mol. The van der Waals surface area contributed by atoms with Crippen LogP contribution >= 0.6 is 0 Å². The topological polar surface area (TPSA) is 66.4 Å². The maximum atomic E-state index is 13.6. The van der Waals surface area contributed by atoms with E-state index in [9.17, 15) is 19.1 Å². The maximum absolute atomic E-state index is 13.6. The molecule has 0 aliphatic heterocycles. The summed E-state index contributed by atoms with van der Waals surface area (Å²) in [6.07, 6.45) is -0.137. The summed E-state index contributed by atoms with van der Waals surface area (Å²) in [6, 6.07) is 14.2. The highest BCUT2D eigenvalue weighted by molar-refractivity contribution is 5.80. The number of halogens is 1. The van der Waals surface area contributed by atoms with Crippen LogP contribution in [0, 0.1) is 11.7 Å². The lowest BCUT2D eigenvalue weighted by Crippen LogP contribution is -2.36. The van der Waals surface area contributed by atoms with E-state index < -0.39 is 29.7 Å². The van der Waals surface area contributed by atoms with Gasteiger partial charge in [0.2, 0.25) is 5.91 Å². The summed E-state index contributed by atoms with van der Waals surface area (Å²) in [6.45, 7) is 1.53. The number of nitrogens with one attached hydrogen (secondary N) is 1. The van der Waals surface area contributed by atoms with Crippen molar-refractivity contribution in [2.45, 2.75) is 19.4 Å². The Bertz CT molecular complexity index is 688. The molecule has 2 rings (SSSR count). The fourth-order valence-corrected chi connectivity index (χ4v) is 2.34. The van der Waals surface area contributed by atoms with Gasteiger partial charge in [0.1, 0.15) is 5.82 Å². The van der Waals surface area contributed by atoms with E-state index in [4.69, 9.17) is 0 Å². The number of carboxylic acids is 1. The fourth-order valence-electron chi connectivity index (χ4n) is 2.34. The van der Waals surface area contributed by atoms with Crippen LogP contribution in [0.1, 0.15) is 24.1 Å². The van der Waals surface area contributed by atoms with Gasteiger partial charge >= 0.3 is 5.97 Å². The SMILES string of the molecule is C[C@H](C(=O)O)[C@@H](NC(=O)Cc1ccccc1F)c1ccccc1. The third-order valence-corrected chi connectivity index (χ3v) is 3.67. The van der Waals surface area contributed by atoms with Crippen LogP contribution in [0.2, 0.25) is 0 Å². The molecule has 0 aromatic heterocycles. The second-order valence-electron chi connectivity index (χ2n) is 5.35. The normalized spacial score (nSPS) is 13.1. The van der Waals surface area contributed by atoms with E-state index in [1.165, 1.54) is 19.1 Å². The molecular formula is C18H18FNO3. The lowest BCUT2D eigenvalue weighted by Gasteiger charge is -2.23. The molecule has 0 aliphatic carbocycles. The van der Waals surface area contributed by atoms with Gasteiger partial charge in [0.15, 0.2) is 0 Å². The standard InChI is InChI=1S/C18H18FNO3/c1-12(18(22)23)17(13-7-3-2-4-8-13)20-16(21)11-14-9-5-6-10-15(14)19/h2-10,12,17H,11H2,1H3,(H,20,21)(H,22,23)/t12-,17+/m0/s1. The van der Waals surface area contributed by atoms with E-state index >= 15 is 0 Å². The molecule has 4 nitrogen and oxygen atoms in total. The molecular weight excluding hydrogens is 297 g/mol. The lowest BCUT2D eigenvalue weighted by atomic mass is 9.94. The fraction of sp³-hybridized carbons (Fsp3) is 0.222. The van der Waals surface area contributed by atoms with Gasteiger partial charge in [-0.05, 0) is 24.1 Å². The van der Waals surface area contributed by atoms with E-state index in [0.717, 1.165) is 0 Å². The smallest absolute Gasteiger partial charge is 0.308 e. The molecule has 2 N–H and O–H groups in total. The Morgan fingerprint density at radius 2 is 1.70 bits per heavy atom. The molecule has 2 aromatic rings. The largest absolute Gasteiger partial charge is 0.481 e. The minimum atomic E-state index is -1.01. The molecule has 2 atom stereocenters. The molecule has 0 fully saturated rings. The number of hydrogen-bond donors (Lipinski definition) is 2. The maximum Gasteiger partial charge on any atom is 0.308 e. The summed E-state index contributed by atoms with van der Waals surface area (Å²) in [5.41, 5.74) is 0.976. The van der Waals surface area contributed by atoms with Crippen LogP contribution in [-0.2, 0) is 16.0 Å². The highest BCUT2D eigenvalue weighted by atomic mass is 19.1. The van der Waals surface area contributed by atoms with Crippen LogP contribution in [0.3, 0.4) is 0 Å². The molecule has 0 heterocycles. The number of carbonyl (C=O) groups is 2. The third kappa shape index (κ3) is 4.39. The first kappa shape index (κ1) is 16.7. The van der Waals surface area contributed by atoms with Gasteiger partial charge in [-0.25, -0.2) is 4.39 Å². The number of hydrogen-bond acceptors (Lipinski definition) is 2. The minimum absolute atomic E-state index is 0.137. The van der Waals surface area contributed by atoms with Gasteiger partial charge in [-0.2, -0.15) is 0 Å². The zero-order valence-corrected chi connectivity index (χ0v) is 12.7. The van der Waals surface area contributed by atoms with Crippen molar-refractivity contribution in [2.75, 3.05) is 0 Å². The van der Waals surface area contributed by atoms with Crippen molar-refractivity contribution in [2.24, 2.45) is 5.92 Å². The van der Waals surface area contributed by atoms with Gasteiger partial charge in [-0.15, -0.1) is 0 Å². The molecule has 0 saturated heterocycles. The quantitative estimate of drug-likeness (QED) is 0.861. The molecule has 0 radical (unpaired) electrons. The van der Waals surface area contributed by atoms with E-state index in [1.807, 2.05) is 6.07 Å². The van der Waals surface area contributed by atoms with Crippen molar-refractivity contribution in [3.05, 3.63) is 71.5 Å². The lowest BCUT2D eigenvalue weighted by molar-refractivity contribution is -0.142. The summed E-state index contributed by atoms with van der Waals surface area (Å²) >= 11 is 0. The van der Waals surface area contributed by atoms with Crippen LogP contribution in [0.25, 0.3) is 0 Å². The highest BCUT2D eigenvalue weighted by Crippen LogP contribution is 2.22. The second kappa shape index (κ2) is 7.54. The van der Waals surface area contributed by atoms with E-state index in [0.29, 0.717) is 5.56 Å². The average Bonchev–Trinajstić information content (AvgIpc) is 2.55. The zero-order chi connectivity index (χ0) is 16.8. The van der Waals surface area contributed by atoms with Gasteiger partial charge < -0.3 is 10.4 Å². The van der Waals surface area contributed by atoms with E-state index in [-0.39, 0.29) is 12.0 Å². The summed E-state index contributed by atoms with van der Waals surface area (Å²) < 4.78 is 13.6. The van der Waals surface area contributed by atoms with Gasteiger partial charge in [0.05, 0.1) is 18.4 Å². The molecule has 1 amide bonds. The molecule has 0 spiro atoms. The highest BCUT2D eigenvalue weighted by Gasteiger charge is 2.26. The molecule has 0 saturated carbocycles. The van der Waals surface area contributed by atoms with Crippen molar-refractivity contribution in [1.29, 1.82) is 0 Å². The number of carboxylic acid groups (broad SMARTS) is 1. The zero-order valence-electron chi connectivity index (χ0n) is 12.7. The van der Waals surface area contributed by atoms with Crippen LogP contribution < -0.4 is 5.32 Å². The monoisotopic (exact) mass is 315 g/mol. The number of aliphatic carboxylic acids is 1. The van der Waals surface area contributed by atoms with Gasteiger partial charge in [0, 0.05) is 0 Å². The Kier molecular flexibility index (Phi) is 5.46. The molecule has 120 valence electrons. The third-order valence-electron chi connectivity index (χ3n) is 3.67. The van der Waals surface area contributed by atoms with E-state index in [2.05, 4.69) is 5.32 Å². The number of rotatable bonds is 6. The van der Waals surface area contributed by atoms with Crippen LogP contribution in [0.4, 0.5) is 4.39 Å². The van der Waals surface area contributed by atoms with Crippen molar-refractivity contribution in [3.8, 4) is 0 Å². The van der Waals surface area contributed by atoms with Gasteiger partial charge in [0.25, 0.3) is 0 Å². The molecule has 0 unspecified atom stereocenters. The van der Waals surface area contributed by atoms with Crippen molar-refractivity contribution < 1.29 is 19.1 Å². The Hall–Kier alpha value is -2.69. The number of amides is 1. The Morgan fingerprint density at radius 1 is 1.09 bits per heavy atom. The summed E-state index contributed by atoms with van der Waals surface area (Å²) in [4.78, 5) is 23.5. The predicted octanol–water partition coefficient (Wildman–Crippen LogP) is 2.95. The van der Waals surface area contributed by atoms with Gasteiger partial charge in [-0.3, -0.25) is 9.59 Å². The van der Waals surface area contributed by atoms with Crippen molar-refractivity contribution in [3.63, 3.8) is 0 Å². The summed E-state index contributed by atoms with van der Waals surface area (Å²) in [5, 5.41) is 12.0. The Labute approximate surface area is 134 Å². The first-order valence-electron chi connectivity index (χ1n) is 7.29. The second-order valence-corrected chi connectivity index (χ2v) is 5.35. The van der Waals surface area contributed by atoms with Crippen LogP contribution in [0.5, 0.6) is 0 Å². The first-order chi connectivity index (χ1) is 11.0. The van der Waals surface area contributed by atoms with Crippen molar-refractivity contribution in [1.82, 2.24) is 5.32 Å². The Morgan fingerprint density at radius 3 is 2.30 bits per heavy atom. The van der Waals surface area contributed by atoms with Crippen LogP contribution in [0.15, 0.2) is 54.6 Å². The first-order valence-corrected chi connectivity index (χ1v) is 7.29. The molecule has 0 bridgehead atoms. The van der Waals surface area contributed by atoms with E-state index in [1.54, 1.807) is 36.4 Å².